The first-order chi connectivity index (χ1) is 16.7. The van der Waals surface area contributed by atoms with Crippen molar-refractivity contribution in [2.75, 3.05) is 26.8 Å². The number of pyridine rings is 2. The molecule has 1 atom stereocenters. The fourth-order valence-electron chi connectivity index (χ4n) is 4.43. The van der Waals surface area contributed by atoms with Gasteiger partial charge in [0.25, 0.3) is 0 Å². The maximum Gasteiger partial charge on any atom is 0.201 e. The molecule has 1 unspecified atom stereocenters. The minimum Gasteiger partial charge on any atom is -0.466 e. The molecule has 4 aromatic heterocycles. The quantitative estimate of drug-likeness (QED) is 0.450. The molecule has 5 rings (SSSR count). The lowest BCUT2D eigenvalue weighted by atomic mass is 10.1. The Labute approximate surface area is 197 Å². The number of imidazole rings is 1. The Kier molecular flexibility index (Phi) is 6.20. The van der Waals surface area contributed by atoms with Crippen LogP contribution in [-0.4, -0.2) is 56.2 Å². The maximum atomic E-state index is 9.65. The minimum atomic E-state index is -0.467. The third-order valence-corrected chi connectivity index (χ3v) is 6.14. The predicted octanol–water partition coefficient (Wildman–Crippen LogP) is 2.86. The van der Waals surface area contributed by atoms with Gasteiger partial charge in [-0.1, -0.05) is 11.3 Å². The van der Waals surface area contributed by atoms with E-state index in [1.54, 1.807) is 17.7 Å². The highest BCUT2D eigenvalue weighted by Gasteiger charge is 2.23. The van der Waals surface area contributed by atoms with Gasteiger partial charge in [-0.15, -0.1) is 5.10 Å². The normalized spacial score (nSPS) is 15.3. The third kappa shape index (κ3) is 4.11. The van der Waals surface area contributed by atoms with Gasteiger partial charge < -0.3 is 14.8 Å². The van der Waals surface area contributed by atoms with Crippen LogP contribution in [-0.2, 0) is 4.74 Å². The summed E-state index contributed by atoms with van der Waals surface area (Å²) >= 11 is 0. The lowest BCUT2D eigenvalue weighted by Gasteiger charge is -2.23. The molecule has 4 aromatic rings. The van der Waals surface area contributed by atoms with Crippen LogP contribution in [0.5, 0.6) is 5.88 Å². The van der Waals surface area contributed by atoms with Crippen molar-refractivity contribution in [2.45, 2.75) is 31.9 Å². The number of fused-ring (bicyclic) bond motifs is 1. The number of hydrogen-bond acceptors (Lipinski definition) is 8. The van der Waals surface area contributed by atoms with Crippen LogP contribution in [0.15, 0.2) is 42.7 Å². The van der Waals surface area contributed by atoms with Gasteiger partial charge in [0, 0.05) is 24.9 Å². The molecule has 1 aliphatic heterocycles. The summed E-state index contributed by atoms with van der Waals surface area (Å²) in [6, 6.07) is 11.9. The zero-order valence-corrected chi connectivity index (χ0v) is 19.2. The van der Waals surface area contributed by atoms with Crippen LogP contribution >= 0.6 is 0 Å². The van der Waals surface area contributed by atoms with Crippen molar-refractivity contribution in [3.05, 3.63) is 59.8 Å². The van der Waals surface area contributed by atoms with Gasteiger partial charge in [0.05, 0.1) is 30.2 Å². The molecule has 0 aromatic carbocycles. The SMILES string of the molecule is COCC(Oc1cc(-c2nnn(C3CCNCC3)c2C)cc2ncc(C#N)n12)c1ccccn1. The van der Waals surface area contributed by atoms with E-state index < -0.39 is 6.10 Å². The third-order valence-electron chi connectivity index (χ3n) is 6.14. The number of nitrogens with one attached hydrogen (secondary N) is 1. The van der Waals surface area contributed by atoms with Gasteiger partial charge in [-0.05, 0) is 51.1 Å². The van der Waals surface area contributed by atoms with Crippen LogP contribution < -0.4 is 10.1 Å². The van der Waals surface area contributed by atoms with Gasteiger partial charge in [0.2, 0.25) is 5.88 Å². The van der Waals surface area contributed by atoms with Gasteiger partial charge in [-0.25, -0.2) is 9.67 Å². The van der Waals surface area contributed by atoms with E-state index in [0.29, 0.717) is 29.9 Å². The van der Waals surface area contributed by atoms with E-state index in [4.69, 9.17) is 9.47 Å². The van der Waals surface area contributed by atoms with E-state index in [-0.39, 0.29) is 0 Å². The molecule has 1 N–H and O–H groups in total. The Morgan fingerprint density at radius 3 is 2.82 bits per heavy atom. The maximum absolute atomic E-state index is 9.65. The molecule has 1 fully saturated rings. The van der Waals surface area contributed by atoms with Crippen molar-refractivity contribution in [1.29, 1.82) is 5.26 Å². The fraction of sp³-hybridized carbons (Fsp3) is 0.375. The topological polar surface area (TPSA) is 115 Å². The number of aromatic nitrogens is 6. The second-order valence-corrected chi connectivity index (χ2v) is 8.30. The van der Waals surface area contributed by atoms with E-state index in [1.807, 2.05) is 41.9 Å². The van der Waals surface area contributed by atoms with Crippen LogP contribution in [0.2, 0.25) is 0 Å². The summed E-state index contributed by atoms with van der Waals surface area (Å²) in [7, 11) is 1.62. The van der Waals surface area contributed by atoms with Crippen LogP contribution in [0, 0.1) is 18.3 Å². The zero-order valence-electron chi connectivity index (χ0n) is 19.2. The monoisotopic (exact) mass is 458 g/mol. The van der Waals surface area contributed by atoms with Gasteiger partial charge in [0.1, 0.15) is 23.1 Å². The molecule has 0 bridgehead atoms. The summed E-state index contributed by atoms with van der Waals surface area (Å²) in [6.07, 6.45) is 4.83. The summed E-state index contributed by atoms with van der Waals surface area (Å²) in [4.78, 5) is 8.87. The first-order valence-electron chi connectivity index (χ1n) is 11.3. The summed E-state index contributed by atoms with van der Waals surface area (Å²) in [5, 5.41) is 22.0. The highest BCUT2D eigenvalue weighted by molar-refractivity contribution is 5.68. The van der Waals surface area contributed by atoms with Crippen LogP contribution in [0.25, 0.3) is 16.9 Å². The van der Waals surface area contributed by atoms with E-state index in [0.717, 1.165) is 48.6 Å². The van der Waals surface area contributed by atoms with Crippen LogP contribution in [0.3, 0.4) is 0 Å². The molecule has 34 heavy (non-hydrogen) atoms. The second kappa shape index (κ2) is 9.59. The van der Waals surface area contributed by atoms with Gasteiger partial charge in [-0.2, -0.15) is 5.26 Å². The smallest absolute Gasteiger partial charge is 0.201 e. The number of piperidine rings is 1. The van der Waals surface area contributed by atoms with Crippen LogP contribution in [0.1, 0.15) is 42.1 Å². The van der Waals surface area contributed by atoms with Gasteiger partial charge in [-0.3, -0.25) is 9.38 Å². The van der Waals surface area contributed by atoms with E-state index in [2.05, 4.69) is 31.7 Å². The standard InChI is InChI=1S/C24H26N8O2/c1-16-24(29-30-32(16)18-6-9-26-10-7-18)17-11-22-28-14-19(13-25)31(22)23(12-17)34-21(15-33-2)20-5-3-4-8-27-20/h3-5,8,11-12,14,18,21,26H,6-7,9-10,15H2,1-2H3. The molecule has 0 aliphatic carbocycles. The van der Waals surface area contributed by atoms with Crippen LogP contribution in [0.4, 0.5) is 0 Å². The Morgan fingerprint density at radius 1 is 1.24 bits per heavy atom. The Hall–Kier alpha value is -3.81. The Balaban J connectivity index is 1.58. The van der Waals surface area contributed by atoms with Crippen molar-refractivity contribution in [1.82, 2.24) is 34.7 Å². The summed E-state index contributed by atoms with van der Waals surface area (Å²) in [5.41, 5.74) is 4.30. The number of hydrogen-bond donors (Lipinski definition) is 1. The van der Waals surface area contributed by atoms with E-state index in [1.165, 1.54) is 6.20 Å². The summed E-state index contributed by atoms with van der Waals surface area (Å²) in [5.74, 6) is 0.463. The van der Waals surface area contributed by atoms with Crippen molar-refractivity contribution in [3.63, 3.8) is 0 Å². The largest absolute Gasteiger partial charge is 0.466 e. The van der Waals surface area contributed by atoms with Crippen molar-refractivity contribution in [3.8, 4) is 23.2 Å². The molecular formula is C24H26N8O2. The first kappa shape index (κ1) is 22.0. The molecule has 1 saturated heterocycles. The number of ether oxygens (including phenoxy) is 2. The molecule has 0 spiro atoms. The molecule has 5 heterocycles. The molecule has 10 heteroatoms. The molecule has 1 aliphatic rings. The Bertz CT molecular complexity index is 1320. The second-order valence-electron chi connectivity index (χ2n) is 8.30. The number of rotatable bonds is 7. The molecule has 0 radical (unpaired) electrons. The molecule has 0 amide bonds. The van der Waals surface area contributed by atoms with E-state index >= 15 is 0 Å². The number of methoxy groups -OCH3 is 1. The fourth-order valence-corrected chi connectivity index (χ4v) is 4.43. The summed E-state index contributed by atoms with van der Waals surface area (Å²) in [6.45, 7) is 4.28. The minimum absolute atomic E-state index is 0.296. The molecule has 0 saturated carbocycles. The van der Waals surface area contributed by atoms with E-state index in [9.17, 15) is 5.26 Å². The van der Waals surface area contributed by atoms with Gasteiger partial charge >= 0.3 is 0 Å². The molecular weight excluding hydrogens is 432 g/mol. The Morgan fingerprint density at radius 2 is 2.09 bits per heavy atom. The highest BCUT2D eigenvalue weighted by atomic mass is 16.5. The lowest BCUT2D eigenvalue weighted by Crippen LogP contribution is -2.30. The number of nitriles is 1. The number of nitrogens with zero attached hydrogens (tertiary/aromatic N) is 7. The zero-order chi connectivity index (χ0) is 23.5. The summed E-state index contributed by atoms with van der Waals surface area (Å²) < 4.78 is 15.5. The molecule has 10 nitrogen and oxygen atoms in total. The average Bonchev–Trinajstić information content (AvgIpc) is 3.48. The lowest BCUT2D eigenvalue weighted by molar-refractivity contribution is 0.0744. The van der Waals surface area contributed by atoms with Crippen molar-refractivity contribution < 1.29 is 9.47 Å². The predicted molar refractivity (Wildman–Crippen MR) is 124 cm³/mol. The molecule has 174 valence electrons. The van der Waals surface area contributed by atoms with Gasteiger partial charge in [0.15, 0.2) is 6.10 Å². The van der Waals surface area contributed by atoms with Crippen molar-refractivity contribution >= 4 is 5.65 Å². The average molecular weight is 459 g/mol. The van der Waals surface area contributed by atoms with Crippen molar-refractivity contribution in [2.24, 2.45) is 0 Å². The highest BCUT2D eigenvalue weighted by Crippen LogP contribution is 2.32. The first-order valence-corrected chi connectivity index (χ1v) is 11.3.